The Labute approximate surface area is 162 Å². The molecule has 0 aliphatic carbocycles. The zero-order chi connectivity index (χ0) is 19.2. The van der Waals surface area contributed by atoms with Gasteiger partial charge in [0.15, 0.2) is 0 Å². The van der Waals surface area contributed by atoms with Crippen molar-refractivity contribution in [3.05, 3.63) is 35.1 Å². The van der Waals surface area contributed by atoms with Gasteiger partial charge in [-0.15, -0.1) is 10.2 Å². The van der Waals surface area contributed by atoms with Crippen LogP contribution in [0.5, 0.6) is 0 Å². The van der Waals surface area contributed by atoms with Crippen LogP contribution in [0.3, 0.4) is 0 Å². The lowest BCUT2D eigenvalue weighted by molar-refractivity contribution is -0.136. The molecule has 0 bridgehead atoms. The van der Waals surface area contributed by atoms with Crippen LogP contribution < -0.4 is 4.90 Å². The third-order valence-corrected chi connectivity index (χ3v) is 5.33. The summed E-state index contributed by atoms with van der Waals surface area (Å²) in [6.07, 6.45) is 3.62. The lowest BCUT2D eigenvalue weighted by Crippen LogP contribution is -2.37. The summed E-state index contributed by atoms with van der Waals surface area (Å²) in [7, 11) is 0. The molecule has 0 radical (unpaired) electrons. The first-order valence-corrected chi connectivity index (χ1v) is 9.82. The van der Waals surface area contributed by atoms with Gasteiger partial charge in [0.05, 0.1) is 5.92 Å². The molecule has 1 aliphatic heterocycles. The number of carbonyl (C=O) groups is 2. The summed E-state index contributed by atoms with van der Waals surface area (Å²) in [6.45, 7) is 6.27. The van der Waals surface area contributed by atoms with Crippen LogP contribution in [0.25, 0.3) is 0 Å². The Morgan fingerprint density at radius 3 is 2.81 bits per heavy atom. The van der Waals surface area contributed by atoms with Crippen molar-refractivity contribution in [2.24, 2.45) is 5.92 Å². The summed E-state index contributed by atoms with van der Waals surface area (Å²) in [6, 6.07) is 3.78. The van der Waals surface area contributed by atoms with Gasteiger partial charge < -0.3 is 9.64 Å². The summed E-state index contributed by atoms with van der Waals surface area (Å²) >= 11 is 1.33. The van der Waals surface area contributed by atoms with Gasteiger partial charge in [0.1, 0.15) is 11.6 Å². The molecule has 0 N–H and O–H groups in total. The lowest BCUT2D eigenvalue weighted by atomic mass is 10.1. The van der Waals surface area contributed by atoms with Crippen LogP contribution in [-0.2, 0) is 27.5 Å². The van der Waals surface area contributed by atoms with E-state index in [0.717, 1.165) is 10.6 Å². The number of hydrogen-bond acceptors (Lipinski definition) is 7. The highest BCUT2D eigenvalue weighted by molar-refractivity contribution is 7.15. The van der Waals surface area contributed by atoms with Crippen molar-refractivity contribution in [1.82, 2.24) is 20.1 Å². The second kappa shape index (κ2) is 9.01. The summed E-state index contributed by atoms with van der Waals surface area (Å²) in [5, 5.41) is 9.40. The first kappa shape index (κ1) is 19.4. The van der Waals surface area contributed by atoms with Crippen molar-refractivity contribution in [3.63, 3.8) is 0 Å². The molecule has 1 aliphatic rings. The van der Waals surface area contributed by atoms with E-state index in [2.05, 4.69) is 15.2 Å². The molecular formula is C18H23N5O3S. The molecule has 1 atom stereocenters. The van der Waals surface area contributed by atoms with Crippen molar-refractivity contribution in [2.75, 3.05) is 24.6 Å². The summed E-state index contributed by atoms with van der Waals surface area (Å²) in [4.78, 5) is 32.7. The Balaban J connectivity index is 1.64. The predicted molar refractivity (Wildman–Crippen MR) is 101 cm³/mol. The molecule has 2 aromatic heterocycles. The van der Waals surface area contributed by atoms with Crippen LogP contribution in [0.2, 0.25) is 0 Å². The van der Waals surface area contributed by atoms with Gasteiger partial charge in [-0.2, -0.15) is 0 Å². The molecule has 2 amide bonds. The number of hydrogen-bond donors (Lipinski definition) is 0. The van der Waals surface area contributed by atoms with Gasteiger partial charge >= 0.3 is 0 Å². The number of amides is 2. The predicted octanol–water partition coefficient (Wildman–Crippen LogP) is 1.87. The Hall–Kier alpha value is -2.39. The van der Waals surface area contributed by atoms with Crippen LogP contribution in [0.4, 0.5) is 5.13 Å². The molecule has 1 saturated heterocycles. The van der Waals surface area contributed by atoms with E-state index in [4.69, 9.17) is 4.74 Å². The zero-order valence-corrected chi connectivity index (χ0v) is 16.3. The van der Waals surface area contributed by atoms with Gasteiger partial charge in [0.25, 0.3) is 0 Å². The third kappa shape index (κ3) is 4.67. The molecule has 0 aromatic carbocycles. The molecule has 144 valence electrons. The van der Waals surface area contributed by atoms with Crippen molar-refractivity contribution in [3.8, 4) is 0 Å². The highest BCUT2D eigenvalue weighted by atomic mass is 32.1. The maximum atomic E-state index is 12.9. The van der Waals surface area contributed by atoms with E-state index in [1.165, 1.54) is 11.3 Å². The van der Waals surface area contributed by atoms with E-state index >= 15 is 0 Å². The SMILES string of the molecule is CCOCc1nnc(N2CC(C(=O)N(CC)Cc3ccncc3)CC2=O)s1. The fourth-order valence-electron chi connectivity index (χ4n) is 2.97. The van der Waals surface area contributed by atoms with Crippen LogP contribution in [-0.4, -0.2) is 51.6 Å². The van der Waals surface area contributed by atoms with E-state index < -0.39 is 0 Å². The van der Waals surface area contributed by atoms with Crippen molar-refractivity contribution in [1.29, 1.82) is 0 Å². The molecule has 8 nitrogen and oxygen atoms in total. The van der Waals surface area contributed by atoms with Gasteiger partial charge in [0, 0.05) is 45.1 Å². The van der Waals surface area contributed by atoms with E-state index in [1.807, 2.05) is 26.0 Å². The maximum Gasteiger partial charge on any atom is 0.229 e. The number of carbonyl (C=O) groups excluding carboxylic acids is 2. The van der Waals surface area contributed by atoms with Crippen LogP contribution in [0.1, 0.15) is 30.8 Å². The number of aromatic nitrogens is 3. The van der Waals surface area contributed by atoms with E-state index in [9.17, 15) is 9.59 Å². The average molecular weight is 389 g/mol. The molecule has 1 fully saturated rings. The van der Waals surface area contributed by atoms with Crippen molar-refractivity contribution in [2.45, 2.75) is 33.4 Å². The number of nitrogens with zero attached hydrogens (tertiary/aromatic N) is 5. The Kier molecular flexibility index (Phi) is 6.46. The molecule has 27 heavy (non-hydrogen) atoms. The van der Waals surface area contributed by atoms with Crippen LogP contribution in [0, 0.1) is 5.92 Å². The van der Waals surface area contributed by atoms with Crippen LogP contribution in [0.15, 0.2) is 24.5 Å². The van der Waals surface area contributed by atoms with Crippen molar-refractivity contribution >= 4 is 28.3 Å². The first-order chi connectivity index (χ1) is 13.1. The molecule has 1 unspecified atom stereocenters. The van der Waals surface area contributed by atoms with E-state index in [1.54, 1.807) is 22.2 Å². The lowest BCUT2D eigenvalue weighted by Gasteiger charge is -2.24. The highest BCUT2D eigenvalue weighted by Gasteiger charge is 2.38. The monoisotopic (exact) mass is 389 g/mol. The summed E-state index contributed by atoms with van der Waals surface area (Å²) < 4.78 is 5.32. The molecule has 3 heterocycles. The standard InChI is InChI=1S/C18H23N5O3S/c1-3-22(10-13-5-7-19-8-6-13)17(25)14-9-16(24)23(11-14)18-21-20-15(27-18)12-26-4-2/h5-8,14H,3-4,9-12H2,1-2H3. The molecular weight excluding hydrogens is 366 g/mol. The largest absolute Gasteiger partial charge is 0.374 e. The van der Waals surface area contributed by atoms with Crippen molar-refractivity contribution < 1.29 is 14.3 Å². The minimum absolute atomic E-state index is 0.00998. The smallest absolute Gasteiger partial charge is 0.229 e. The normalized spacial score (nSPS) is 16.7. The fraction of sp³-hybridized carbons (Fsp3) is 0.500. The number of ether oxygens (including phenoxy) is 1. The minimum Gasteiger partial charge on any atom is -0.374 e. The molecule has 9 heteroatoms. The second-order valence-corrected chi connectivity index (χ2v) is 7.27. The molecule has 3 rings (SSSR count). The second-order valence-electron chi connectivity index (χ2n) is 6.23. The third-order valence-electron chi connectivity index (χ3n) is 4.41. The number of rotatable bonds is 8. The summed E-state index contributed by atoms with van der Waals surface area (Å²) in [5.41, 5.74) is 1.02. The Morgan fingerprint density at radius 2 is 2.11 bits per heavy atom. The topological polar surface area (TPSA) is 88.5 Å². The average Bonchev–Trinajstić information content (AvgIpc) is 3.31. The van der Waals surface area contributed by atoms with Gasteiger partial charge in [-0.25, -0.2) is 0 Å². The van der Waals surface area contributed by atoms with Gasteiger partial charge in [-0.05, 0) is 31.5 Å². The maximum absolute atomic E-state index is 12.9. The summed E-state index contributed by atoms with van der Waals surface area (Å²) in [5.74, 6) is -0.463. The Morgan fingerprint density at radius 1 is 1.33 bits per heavy atom. The van der Waals surface area contributed by atoms with E-state index in [-0.39, 0.29) is 24.2 Å². The van der Waals surface area contributed by atoms with Gasteiger partial charge in [0.2, 0.25) is 16.9 Å². The first-order valence-electron chi connectivity index (χ1n) is 9.00. The van der Waals surface area contributed by atoms with E-state index in [0.29, 0.717) is 38.0 Å². The highest BCUT2D eigenvalue weighted by Crippen LogP contribution is 2.29. The molecule has 0 spiro atoms. The minimum atomic E-state index is -0.362. The number of anilines is 1. The quantitative estimate of drug-likeness (QED) is 0.685. The number of pyridine rings is 1. The van der Waals surface area contributed by atoms with Crippen LogP contribution >= 0.6 is 11.3 Å². The molecule has 2 aromatic rings. The zero-order valence-electron chi connectivity index (χ0n) is 15.5. The Bertz CT molecular complexity index is 782. The van der Waals surface area contributed by atoms with Gasteiger partial charge in [-0.3, -0.25) is 19.5 Å². The fourth-order valence-corrected chi connectivity index (χ4v) is 3.77. The molecule has 0 saturated carbocycles. The van der Waals surface area contributed by atoms with Gasteiger partial charge in [-0.1, -0.05) is 11.3 Å².